The Morgan fingerprint density at radius 2 is 1.67 bits per heavy atom. The number of carbonyl (C=O) groups excluding carboxylic acids is 2. The monoisotopic (exact) mass is 459 g/mol. The summed E-state index contributed by atoms with van der Waals surface area (Å²) in [5.41, 5.74) is 1.11. The van der Waals surface area contributed by atoms with E-state index in [9.17, 15) is 9.59 Å². The molecule has 1 fully saturated rings. The largest absolute Gasteiger partial charge is 0.379 e. The van der Waals surface area contributed by atoms with Crippen LogP contribution in [0.4, 0.5) is 0 Å². The van der Waals surface area contributed by atoms with E-state index in [0.29, 0.717) is 25.9 Å². The molecule has 6 heteroatoms. The summed E-state index contributed by atoms with van der Waals surface area (Å²) in [5, 5.41) is 3.02. The lowest BCUT2D eigenvalue weighted by Gasteiger charge is -2.30. The van der Waals surface area contributed by atoms with Gasteiger partial charge in [0.25, 0.3) is 0 Å². The molecule has 1 aromatic rings. The molecule has 6 nitrogen and oxygen atoms in total. The fourth-order valence-electron chi connectivity index (χ4n) is 4.31. The lowest BCUT2D eigenvalue weighted by Crippen LogP contribution is -2.42. The molecular weight excluding hydrogens is 414 g/mol. The van der Waals surface area contributed by atoms with Gasteiger partial charge in [-0.1, -0.05) is 75.8 Å². The first-order chi connectivity index (χ1) is 16.1. The van der Waals surface area contributed by atoms with E-state index in [2.05, 4.69) is 36.2 Å². The van der Waals surface area contributed by atoms with Crippen LogP contribution in [0, 0.1) is 0 Å². The highest BCUT2D eigenvalue weighted by atomic mass is 16.5. The molecule has 186 valence electrons. The van der Waals surface area contributed by atoms with Crippen molar-refractivity contribution in [1.29, 1.82) is 0 Å². The SMILES string of the molecule is CCCCCCCCCC(=O)N(CCC(=O)NCCN1CCOCC1)C(C)c1ccccc1. The van der Waals surface area contributed by atoms with Gasteiger partial charge >= 0.3 is 0 Å². The molecule has 1 heterocycles. The number of morpholine rings is 1. The van der Waals surface area contributed by atoms with E-state index in [4.69, 9.17) is 4.74 Å². The van der Waals surface area contributed by atoms with E-state index in [1.807, 2.05) is 23.1 Å². The van der Waals surface area contributed by atoms with Crippen LogP contribution in [-0.4, -0.2) is 67.6 Å². The van der Waals surface area contributed by atoms with Crippen LogP contribution >= 0.6 is 0 Å². The Kier molecular flexibility index (Phi) is 13.8. The second-order valence-corrected chi connectivity index (χ2v) is 9.10. The van der Waals surface area contributed by atoms with Crippen LogP contribution in [0.25, 0.3) is 0 Å². The molecule has 0 aliphatic carbocycles. The van der Waals surface area contributed by atoms with Gasteiger partial charge in [-0.3, -0.25) is 14.5 Å². The van der Waals surface area contributed by atoms with Gasteiger partial charge in [0.05, 0.1) is 19.3 Å². The van der Waals surface area contributed by atoms with Crippen molar-refractivity contribution in [3.63, 3.8) is 0 Å². The number of ether oxygens (including phenoxy) is 1. The third kappa shape index (κ3) is 11.2. The van der Waals surface area contributed by atoms with Gasteiger partial charge in [0.15, 0.2) is 0 Å². The summed E-state index contributed by atoms with van der Waals surface area (Å²) in [5.74, 6) is 0.165. The molecule has 1 N–H and O–H groups in total. The minimum absolute atomic E-state index is 0.0113. The van der Waals surface area contributed by atoms with Crippen LogP contribution in [-0.2, 0) is 14.3 Å². The number of carbonyl (C=O) groups is 2. The maximum atomic E-state index is 13.1. The summed E-state index contributed by atoms with van der Waals surface area (Å²) >= 11 is 0. The molecule has 0 spiro atoms. The third-order valence-corrected chi connectivity index (χ3v) is 6.50. The maximum absolute atomic E-state index is 13.1. The molecule has 1 aromatic carbocycles. The van der Waals surface area contributed by atoms with E-state index in [-0.39, 0.29) is 17.9 Å². The van der Waals surface area contributed by atoms with Crippen LogP contribution in [0.2, 0.25) is 0 Å². The number of unbranched alkanes of at least 4 members (excludes halogenated alkanes) is 6. The topological polar surface area (TPSA) is 61.9 Å². The molecular formula is C27H45N3O3. The van der Waals surface area contributed by atoms with Gasteiger partial charge in [-0.2, -0.15) is 0 Å². The van der Waals surface area contributed by atoms with Gasteiger partial charge in [0.2, 0.25) is 11.8 Å². The van der Waals surface area contributed by atoms with E-state index in [1.165, 1.54) is 32.1 Å². The molecule has 0 saturated carbocycles. The van der Waals surface area contributed by atoms with Crippen LogP contribution in [0.3, 0.4) is 0 Å². The predicted octanol–water partition coefficient (Wildman–Crippen LogP) is 4.56. The molecule has 0 aromatic heterocycles. The number of nitrogens with zero attached hydrogens (tertiary/aromatic N) is 2. The first-order valence-electron chi connectivity index (χ1n) is 13.0. The number of amides is 2. The highest BCUT2D eigenvalue weighted by molar-refractivity contribution is 5.79. The molecule has 1 atom stereocenters. The highest BCUT2D eigenvalue weighted by Gasteiger charge is 2.22. The second kappa shape index (κ2) is 16.7. The van der Waals surface area contributed by atoms with Crippen molar-refractivity contribution in [3.05, 3.63) is 35.9 Å². The van der Waals surface area contributed by atoms with E-state index < -0.39 is 0 Å². The summed E-state index contributed by atoms with van der Waals surface area (Å²) in [6.45, 7) is 9.60. The van der Waals surface area contributed by atoms with Crippen molar-refractivity contribution in [2.24, 2.45) is 0 Å². The first kappa shape index (κ1) is 27.3. The predicted molar refractivity (Wildman–Crippen MR) is 134 cm³/mol. The summed E-state index contributed by atoms with van der Waals surface area (Å²) in [6, 6.07) is 10.1. The normalized spacial score (nSPS) is 15.2. The molecule has 1 saturated heterocycles. The van der Waals surface area contributed by atoms with Crippen LogP contribution in [0.1, 0.15) is 83.2 Å². The standard InChI is InChI=1S/C27H45N3O3/c1-3-4-5-6-7-8-12-15-27(32)30(24(2)25-13-10-9-11-14-25)18-16-26(31)28-17-19-29-20-22-33-23-21-29/h9-11,13-14,24H,3-8,12,15-23H2,1-2H3,(H,28,31). The fourth-order valence-corrected chi connectivity index (χ4v) is 4.31. The number of hydrogen-bond acceptors (Lipinski definition) is 4. The van der Waals surface area contributed by atoms with Crippen molar-refractivity contribution >= 4 is 11.8 Å². The minimum atomic E-state index is -0.0376. The fraction of sp³-hybridized carbons (Fsp3) is 0.704. The highest BCUT2D eigenvalue weighted by Crippen LogP contribution is 2.22. The van der Waals surface area contributed by atoms with Crippen molar-refractivity contribution < 1.29 is 14.3 Å². The zero-order valence-corrected chi connectivity index (χ0v) is 20.9. The minimum Gasteiger partial charge on any atom is -0.379 e. The average molecular weight is 460 g/mol. The van der Waals surface area contributed by atoms with Crippen LogP contribution in [0.5, 0.6) is 0 Å². The first-order valence-corrected chi connectivity index (χ1v) is 13.0. The van der Waals surface area contributed by atoms with Gasteiger partial charge < -0.3 is 15.0 Å². The van der Waals surface area contributed by atoms with Crippen LogP contribution in [0.15, 0.2) is 30.3 Å². The maximum Gasteiger partial charge on any atom is 0.223 e. The molecule has 1 unspecified atom stereocenters. The van der Waals surface area contributed by atoms with Gasteiger partial charge in [-0.05, 0) is 18.9 Å². The molecule has 0 bridgehead atoms. The summed E-state index contributed by atoms with van der Waals surface area (Å²) in [7, 11) is 0. The Morgan fingerprint density at radius 3 is 2.36 bits per heavy atom. The number of benzene rings is 1. The van der Waals surface area contributed by atoms with Gasteiger partial charge in [-0.25, -0.2) is 0 Å². The van der Waals surface area contributed by atoms with E-state index in [1.54, 1.807) is 0 Å². The van der Waals surface area contributed by atoms with Gasteiger partial charge in [-0.15, -0.1) is 0 Å². The molecule has 2 rings (SSSR count). The van der Waals surface area contributed by atoms with Crippen LogP contribution < -0.4 is 5.32 Å². The van der Waals surface area contributed by atoms with E-state index in [0.717, 1.165) is 51.3 Å². The van der Waals surface area contributed by atoms with E-state index >= 15 is 0 Å². The lowest BCUT2D eigenvalue weighted by molar-refractivity contribution is -0.134. The molecule has 2 amide bonds. The van der Waals surface area contributed by atoms with Crippen molar-refractivity contribution in [2.75, 3.05) is 45.9 Å². The number of nitrogens with one attached hydrogen (secondary N) is 1. The Hall–Kier alpha value is -1.92. The summed E-state index contributed by atoms with van der Waals surface area (Å²) < 4.78 is 5.36. The number of rotatable bonds is 16. The molecule has 0 radical (unpaired) electrons. The third-order valence-electron chi connectivity index (χ3n) is 6.50. The van der Waals surface area contributed by atoms with Crippen molar-refractivity contribution in [2.45, 2.75) is 77.7 Å². The van der Waals surface area contributed by atoms with Gasteiger partial charge in [0, 0.05) is 45.6 Å². The lowest BCUT2D eigenvalue weighted by atomic mass is 10.0. The van der Waals surface area contributed by atoms with Gasteiger partial charge in [0.1, 0.15) is 0 Å². The van der Waals surface area contributed by atoms with Crippen molar-refractivity contribution in [1.82, 2.24) is 15.1 Å². The summed E-state index contributed by atoms with van der Waals surface area (Å²) in [4.78, 5) is 29.8. The zero-order chi connectivity index (χ0) is 23.7. The second-order valence-electron chi connectivity index (χ2n) is 9.10. The summed E-state index contributed by atoms with van der Waals surface area (Å²) in [6.07, 6.45) is 9.24. The Balaban J connectivity index is 1.79. The Labute approximate surface area is 201 Å². The Morgan fingerprint density at radius 1 is 1.00 bits per heavy atom. The van der Waals surface area contributed by atoms with Crippen molar-refractivity contribution in [3.8, 4) is 0 Å². The number of hydrogen-bond donors (Lipinski definition) is 1. The molecule has 1 aliphatic heterocycles. The average Bonchev–Trinajstić information content (AvgIpc) is 2.84. The quantitative estimate of drug-likeness (QED) is 0.368. The molecule has 1 aliphatic rings. The zero-order valence-electron chi connectivity index (χ0n) is 20.9. The molecule has 33 heavy (non-hydrogen) atoms. The Bertz CT molecular complexity index is 662. The smallest absolute Gasteiger partial charge is 0.223 e.